The van der Waals surface area contributed by atoms with Crippen molar-refractivity contribution >= 4 is 22.0 Å². The van der Waals surface area contributed by atoms with Crippen LogP contribution in [0.25, 0.3) is 0 Å². The van der Waals surface area contributed by atoms with Crippen LogP contribution >= 0.6 is 0 Å². The Morgan fingerprint density at radius 3 is 2.64 bits per heavy atom. The fourth-order valence-electron chi connectivity index (χ4n) is 1.03. The smallest absolute Gasteiger partial charge is 0.316 e. The van der Waals surface area contributed by atoms with Gasteiger partial charge in [0.1, 0.15) is 5.84 Å². The van der Waals surface area contributed by atoms with Crippen LogP contribution in [0.2, 0.25) is 0 Å². The molecule has 74 valence electrons. The van der Waals surface area contributed by atoms with Gasteiger partial charge in [0, 0.05) is 5.56 Å². The van der Waals surface area contributed by atoms with Gasteiger partial charge in [0.05, 0.1) is 5.69 Å². The summed E-state index contributed by atoms with van der Waals surface area (Å²) in [6, 6.07) is 4.84. The van der Waals surface area contributed by atoms with Crippen LogP contribution in [-0.2, 0) is 10.5 Å². The molecule has 0 saturated carbocycles. The van der Waals surface area contributed by atoms with Crippen molar-refractivity contribution in [2.24, 2.45) is 10.1 Å². The molecule has 0 saturated heterocycles. The molecule has 0 fully saturated rings. The van der Waals surface area contributed by atoms with E-state index in [-0.39, 0.29) is 11.5 Å². The highest BCUT2D eigenvalue weighted by Gasteiger charge is 2.04. The molecule has 0 spiro atoms. The summed E-state index contributed by atoms with van der Waals surface area (Å²) in [5.74, 6) is -0.196. The number of benzene rings is 1. The lowest BCUT2D eigenvalue weighted by Crippen LogP contribution is -2.11. The van der Waals surface area contributed by atoms with Crippen LogP contribution < -0.4 is 5.73 Å². The topological polar surface area (TPSA) is 96.4 Å². The van der Waals surface area contributed by atoms with E-state index in [1.807, 2.05) is 6.92 Å². The Hall–Kier alpha value is -1.69. The monoisotopic (exact) mass is 211 g/mol. The first-order valence-corrected chi connectivity index (χ1v) is 4.80. The van der Waals surface area contributed by atoms with Gasteiger partial charge >= 0.3 is 10.5 Å². The molecule has 0 aromatic heterocycles. The average Bonchev–Trinajstić information content (AvgIpc) is 2.07. The van der Waals surface area contributed by atoms with Crippen molar-refractivity contribution in [2.75, 3.05) is 0 Å². The quantitative estimate of drug-likeness (QED) is 0.563. The Bertz CT molecular complexity index is 497. The first-order valence-electron chi connectivity index (χ1n) is 3.77. The zero-order valence-electron chi connectivity index (χ0n) is 7.48. The first kappa shape index (κ1) is 10.4. The van der Waals surface area contributed by atoms with Crippen molar-refractivity contribution in [1.82, 2.24) is 0 Å². The number of rotatable bonds is 2. The summed E-state index contributed by atoms with van der Waals surface area (Å²) in [6.07, 6.45) is 0. The molecular formula is C8H9N3O2S. The molecular weight excluding hydrogens is 202 g/mol. The number of nitrogens with two attached hydrogens (primary N) is 1. The normalized spacial score (nSPS) is 9.50. The van der Waals surface area contributed by atoms with Gasteiger partial charge in [-0.3, -0.25) is 5.41 Å². The SMILES string of the molecule is Cc1ccc(N=S(=O)=O)c(C(=N)N)c1. The molecule has 0 amide bonds. The van der Waals surface area contributed by atoms with E-state index in [9.17, 15) is 8.42 Å². The van der Waals surface area contributed by atoms with Gasteiger partial charge in [-0.25, -0.2) is 0 Å². The second-order valence-electron chi connectivity index (χ2n) is 2.74. The number of aryl methyl sites for hydroxylation is 1. The average molecular weight is 211 g/mol. The van der Waals surface area contributed by atoms with Crippen LogP contribution in [0.4, 0.5) is 5.69 Å². The molecule has 1 aromatic rings. The summed E-state index contributed by atoms with van der Waals surface area (Å²) in [5.41, 5.74) is 6.69. The Kier molecular flexibility index (Phi) is 2.98. The van der Waals surface area contributed by atoms with Gasteiger partial charge in [-0.05, 0) is 19.1 Å². The van der Waals surface area contributed by atoms with Crippen LogP contribution in [0.3, 0.4) is 0 Å². The third-order valence-electron chi connectivity index (χ3n) is 1.62. The highest BCUT2D eigenvalue weighted by molar-refractivity contribution is 7.61. The molecule has 0 aliphatic heterocycles. The van der Waals surface area contributed by atoms with Crippen LogP contribution in [-0.4, -0.2) is 14.3 Å². The molecule has 3 N–H and O–H groups in total. The molecule has 0 aliphatic rings. The van der Waals surface area contributed by atoms with Crippen LogP contribution in [0.15, 0.2) is 22.6 Å². The fraction of sp³-hybridized carbons (Fsp3) is 0.125. The van der Waals surface area contributed by atoms with Gasteiger partial charge in [-0.15, -0.1) is 4.36 Å². The predicted octanol–water partition coefficient (Wildman–Crippen LogP) is 0.973. The van der Waals surface area contributed by atoms with E-state index < -0.39 is 10.5 Å². The molecule has 0 bridgehead atoms. The maximum Gasteiger partial charge on any atom is 0.316 e. The molecule has 6 heteroatoms. The number of nitrogens with zero attached hydrogens (tertiary/aromatic N) is 1. The van der Waals surface area contributed by atoms with Crippen LogP contribution in [0.1, 0.15) is 11.1 Å². The molecule has 5 nitrogen and oxygen atoms in total. The summed E-state index contributed by atoms with van der Waals surface area (Å²) in [5, 5.41) is 7.23. The van der Waals surface area contributed by atoms with E-state index in [0.717, 1.165) is 5.56 Å². The van der Waals surface area contributed by atoms with Gasteiger partial charge in [0.2, 0.25) is 0 Å². The Morgan fingerprint density at radius 2 is 2.14 bits per heavy atom. The lowest BCUT2D eigenvalue weighted by atomic mass is 10.1. The molecule has 0 unspecified atom stereocenters. The third kappa shape index (κ3) is 2.40. The van der Waals surface area contributed by atoms with E-state index in [0.29, 0.717) is 5.56 Å². The number of hydrogen-bond donors (Lipinski definition) is 2. The molecule has 1 aromatic carbocycles. The van der Waals surface area contributed by atoms with Gasteiger partial charge in [0.25, 0.3) is 0 Å². The Labute approximate surface area is 82.8 Å². The summed E-state index contributed by atoms with van der Waals surface area (Å²) in [6.45, 7) is 1.82. The number of nitrogens with one attached hydrogen (secondary N) is 1. The van der Waals surface area contributed by atoms with Gasteiger partial charge < -0.3 is 5.73 Å². The van der Waals surface area contributed by atoms with Crippen molar-refractivity contribution in [3.8, 4) is 0 Å². The summed E-state index contributed by atoms with van der Waals surface area (Å²) >= 11 is 0. The van der Waals surface area contributed by atoms with E-state index in [4.69, 9.17) is 11.1 Å². The maximum atomic E-state index is 10.4. The second kappa shape index (κ2) is 4.01. The van der Waals surface area contributed by atoms with Crippen molar-refractivity contribution in [1.29, 1.82) is 5.41 Å². The third-order valence-corrected chi connectivity index (χ3v) is 1.96. The van der Waals surface area contributed by atoms with Gasteiger partial charge in [-0.1, -0.05) is 11.6 Å². The zero-order valence-corrected chi connectivity index (χ0v) is 8.30. The van der Waals surface area contributed by atoms with Crippen molar-refractivity contribution in [3.63, 3.8) is 0 Å². The zero-order chi connectivity index (χ0) is 10.7. The minimum atomic E-state index is -2.53. The van der Waals surface area contributed by atoms with E-state index in [1.54, 1.807) is 12.1 Å². The van der Waals surface area contributed by atoms with Crippen LogP contribution in [0, 0.1) is 12.3 Å². The maximum absolute atomic E-state index is 10.4. The summed E-state index contributed by atoms with van der Waals surface area (Å²) in [7, 11) is -2.53. The highest BCUT2D eigenvalue weighted by atomic mass is 32.2. The lowest BCUT2D eigenvalue weighted by molar-refractivity contribution is 0.622. The molecule has 0 atom stereocenters. The number of hydrogen-bond acceptors (Lipinski definition) is 4. The van der Waals surface area contributed by atoms with Gasteiger partial charge in [-0.2, -0.15) is 8.42 Å². The molecule has 1 rings (SSSR count). The van der Waals surface area contributed by atoms with Crippen molar-refractivity contribution < 1.29 is 8.42 Å². The standard InChI is InChI=1S/C8H9N3O2S/c1-5-2-3-7(11-14(12)13)6(4-5)8(9)10/h2-4H,1H3,(H3,9,10). The second-order valence-corrected chi connectivity index (χ2v) is 3.36. The van der Waals surface area contributed by atoms with E-state index >= 15 is 0 Å². The number of nitrogen functional groups attached to an aromatic ring is 1. The lowest BCUT2D eigenvalue weighted by Gasteiger charge is -2.02. The molecule has 0 radical (unpaired) electrons. The van der Waals surface area contributed by atoms with E-state index in [1.165, 1.54) is 6.07 Å². The Balaban J connectivity index is 3.44. The predicted molar refractivity (Wildman–Crippen MR) is 53.2 cm³/mol. The minimum absolute atomic E-state index is 0.191. The summed E-state index contributed by atoms with van der Waals surface area (Å²) in [4.78, 5) is 0. The van der Waals surface area contributed by atoms with Crippen LogP contribution in [0.5, 0.6) is 0 Å². The highest BCUT2D eigenvalue weighted by Crippen LogP contribution is 2.19. The van der Waals surface area contributed by atoms with Gasteiger partial charge in [0.15, 0.2) is 0 Å². The van der Waals surface area contributed by atoms with Crippen molar-refractivity contribution in [2.45, 2.75) is 6.92 Å². The minimum Gasteiger partial charge on any atom is -0.384 e. The molecule has 14 heavy (non-hydrogen) atoms. The molecule has 0 heterocycles. The fourth-order valence-corrected chi connectivity index (χ4v) is 1.35. The molecule has 0 aliphatic carbocycles. The number of amidine groups is 1. The first-order chi connectivity index (χ1) is 6.50. The van der Waals surface area contributed by atoms with Crippen molar-refractivity contribution in [3.05, 3.63) is 29.3 Å². The van der Waals surface area contributed by atoms with E-state index in [2.05, 4.69) is 4.36 Å². The largest absolute Gasteiger partial charge is 0.384 e. The Morgan fingerprint density at radius 1 is 1.50 bits per heavy atom. The summed E-state index contributed by atoms with van der Waals surface area (Å²) < 4.78 is 24.0.